The van der Waals surface area contributed by atoms with Gasteiger partial charge in [0.1, 0.15) is 11.9 Å². The van der Waals surface area contributed by atoms with Crippen LogP contribution in [0.2, 0.25) is 0 Å². The molecule has 0 spiro atoms. The van der Waals surface area contributed by atoms with Crippen molar-refractivity contribution in [1.82, 2.24) is 4.98 Å². The van der Waals surface area contributed by atoms with Gasteiger partial charge in [0.25, 0.3) is 0 Å². The van der Waals surface area contributed by atoms with Crippen LogP contribution in [0.15, 0.2) is 36.7 Å². The number of carbonyl (C=O) groups excluding carboxylic acids is 1. The molecule has 2 rings (SSSR count). The van der Waals surface area contributed by atoms with E-state index in [-0.39, 0.29) is 23.2 Å². The molecule has 0 saturated carbocycles. The number of Topliss-reactive ketones (excluding diaryl/α,β-unsaturated/α-hetero) is 1. The number of halogens is 1. The monoisotopic (exact) mass is 289 g/mol. The number of methoxy groups -OCH3 is 1. The van der Waals surface area contributed by atoms with Crippen molar-refractivity contribution in [3.05, 3.63) is 53.6 Å². The molecule has 0 aliphatic carbocycles. The molecule has 0 aliphatic heterocycles. The Hall–Kier alpha value is -2.43. The fraction of sp³-hybridized carbons (Fsp3) is 0.250. The number of benzene rings is 1. The van der Waals surface area contributed by atoms with E-state index in [0.717, 1.165) is 11.6 Å². The average Bonchev–Trinajstić information content (AvgIpc) is 2.49. The first-order chi connectivity index (χ1) is 10.0. The minimum absolute atomic E-state index is 0.0427. The van der Waals surface area contributed by atoms with Gasteiger partial charge in [-0.1, -0.05) is 0 Å². The Balaban J connectivity index is 2.30. The van der Waals surface area contributed by atoms with Crippen LogP contribution in [0.1, 0.15) is 35.9 Å². The first-order valence-corrected chi connectivity index (χ1v) is 6.48. The molecule has 0 N–H and O–H groups in total. The first-order valence-electron chi connectivity index (χ1n) is 6.48. The molecule has 110 valence electrons. The van der Waals surface area contributed by atoms with Crippen LogP contribution < -0.4 is 9.47 Å². The summed E-state index contributed by atoms with van der Waals surface area (Å²) < 4.78 is 24.8. The quantitative estimate of drug-likeness (QED) is 0.789. The van der Waals surface area contributed by atoms with Crippen molar-refractivity contribution >= 4 is 5.78 Å². The molecule has 1 atom stereocenters. The van der Waals surface area contributed by atoms with E-state index < -0.39 is 5.82 Å². The highest BCUT2D eigenvalue weighted by Crippen LogP contribution is 2.31. The van der Waals surface area contributed by atoms with E-state index in [9.17, 15) is 9.18 Å². The van der Waals surface area contributed by atoms with Gasteiger partial charge in [0.05, 0.1) is 12.7 Å². The summed E-state index contributed by atoms with van der Waals surface area (Å²) >= 11 is 0. The van der Waals surface area contributed by atoms with Crippen molar-refractivity contribution < 1.29 is 18.7 Å². The molecular weight excluding hydrogens is 273 g/mol. The summed E-state index contributed by atoms with van der Waals surface area (Å²) in [5.41, 5.74) is 1.07. The van der Waals surface area contributed by atoms with E-state index in [2.05, 4.69) is 4.98 Å². The Bertz CT molecular complexity index is 643. The van der Waals surface area contributed by atoms with Gasteiger partial charge in [0, 0.05) is 18.5 Å². The number of pyridine rings is 1. The van der Waals surface area contributed by atoms with Crippen LogP contribution in [-0.4, -0.2) is 17.9 Å². The van der Waals surface area contributed by atoms with Gasteiger partial charge in [-0.15, -0.1) is 0 Å². The lowest BCUT2D eigenvalue weighted by Gasteiger charge is -2.17. The molecule has 0 radical (unpaired) electrons. The fourth-order valence-electron chi connectivity index (χ4n) is 1.96. The van der Waals surface area contributed by atoms with E-state index in [0.29, 0.717) is 5.75 Å². The van der Waals surface area contributed by atoms with Crippen molar-refractivity contribution in [3.8, 4) is 11.5 Å². The molecule has 1 heterocycles. The van der Waals surface area contributed by atoms with Gasteiger partial charge in [0.15, 0.2) is 17.3 Å². The van der Waals surface area contributed by atoms with Crippen LogP contribution in [0.25, 0.3) is 0 Å². The number of aromatic nitrogens is 1. The van der Waals surface area contributed by atoms with Gasteiger partial charge in [-0.3, -0.25) is 9.78 Å². The molecule has 2 aromatic rings. The molecule has 0 aliphatic rings. The van der Waals surface area contributed by atoms with Crippen molar-refractivity contribution in [1.29, 1.82) is 0 Å². The van der Waals surface area contributed by atoms with Crippen molar-refractivity contribution in [2.75, 3.05) is 7.11 Å². The Labute approximate surface area is 122 Å². The first kappa shape index (κ1) is 15.0. The van der Waals surface area contributed by atoms with Crippen LogP contribution in [0.3, 0.4) is 0 Å². The van der Waals surface area contributed by atoms with Gasteiger partial charge in [-0.05, 0) is 37.6 Å². The molecule has 4 nitrogen and oxygen atoms in total. The molecular formula is C16H16FNO3. The second-order valence-electron chi connectivity index (χ2n) is 4.58. The highest BCUT2D eigenvalue weighted by Gasteiger charge is 2.17. The summed E-state index contributed by atoms with van der Waals surface area (Å²) in [5, 5.41) is 0. The Morgan fingerprint density at radius 3 is 2.48 bits per heavy atom. The highest BCUT2D eigenvalue weighted by molar-refractivity contribution is 5.97. The molecule has 1 aromatic heterocycles. The van der Waals surface area contributed by atoms with Gasteiger partial charge < -0.3 is 9.47 Å². The predicted molar refractivity (Wildman–Crippen MR) is 76.2 cm³/mol. The SMILES string of the molecule is COc1cc(O[C@H](C)c2ccncc2)c(F)cc1C(C)=O. The van der Waals surface area contributed by atoms with Gasteiger partial charge in [0.2, 0.25) is 0 Å². The fourth-order valence-corrected chi connectivity index (χ4v) is 1.96. The second-order valence-corrected chi connectivity index (χ2v) is 4.58. The average molecular weight is 289 g/mol. The highest BCUT2D eigenvalue weighted by atomic mass is 19.1. The van der Waals surface area contributed by atoms with Crippen molar-refractivity contribution in [2.45, 2.75) is 20.0 Å². The number of hydrogen-bond donors (Lipinski definition) is 0. The van der Waals surface area contributed by atoms with Gasteiger partial charge in [-0.25, -0.2) is 4.39 Å². The van der Waals surface area contributed by atoms with Crippen LogP contribution in [0.5, 0.6) is 11.5 Å². The zero-order valence-corrected chi connectivity index (χ0v) is 12.1. The zero-order valence-electron chi connectivity index (χ0n) is 12.1. The second kappa shape index (κ2) is 6.35. The predicted octanol–water partition coefficient (Wildman–Crippen LogP) is 3.57. The van der Waals surface area contributed by atoms with E-state index in [1.165, 1.54) is 20.1 Å². The number of ketones is 1. The van der Waals surface area contributed by atoms with Crippen LogP contribution in [0, 0.1) is 5.82 Å². The summed E-state index contributed by atoms with van der Waals surface area (Å²) in [6.45, 7) is 3.16. The lowest BCUT2D eigenvalue weighted by Crippen LogP contribution is -2.06. The maximum Gasteiger partial charge on any atom is 0.166 e. The maximum atomic E-state index is 14.1. The minimum Gasteiger partial charge on any atom is -0.496 e. The molecule has 5 heteroatoms. The number of carbonyl (C=O) groups is 1. The molecule has 0 bridgehead atoms. The Morgan fingerprint density at radius 1 is 1.24 bits per heavy atom. The smallest absolute Gasteiger partial charge is 0.166 e. The number of rotatable bonds is 5. The topological polar surface area (TPSA) is 48.4 Å². The van der Waals surface area contributed by atoms with Crippen LogP contribution in [-0.2, 0) is 0 Å². The van der Waals surface area contributed by atoms with E-state index in [1.54, 1.807) is 31.5 Å². The minimum atomic E-state index is -0.595. The summed E-state index contributed by atoms with van der Waals surface area (Å²) in [4.78, 5) is 15.4. The third kappa shape index (κ3) is 3.37. The Kier molecular flexibility index (Phi) is 4.52. The molecule has 0 amide bonds. The van der Waals surface area contributed by atoms with Gasteiger partial charge in [-0.2, -0.15) is 0 Å². The zero-order chi connectivity index (χ0) is 15.4. The standard InChI is InChI=1S/C16H16FNO3/c1-10(19)13-8-14(17)16(9-15(13)20-3)21-11(2)12-4-6-18-7-5-12/h4-9,11H,1-3H3/t11-/m1/s1. The largest absolute Gasteiger partial charge is 0.496 e. The summed E-state index contributed by atoms with van der Waals surface area (Å²) in [5.74, 6) is -0.525. The number of hydrogen-bond acceptors (Lipinski definition) is 4. The van der Waals surface area contributed by atoms with Crippen molar-refractivity contribution in [2.24, 2.45) is 0 Å². The van der Waals surface area contributed by atoms with Gasteiger partial charge >= 0.3 is 0 Å². The lowest BCUT2D eigenvalue weighted by atomic mass is 10.1. The molecule has 0 fully saturated rings. The number of nitrogens with zero attached hydrogens (tertiary/aromatic N) is 1. The Morgan fingerprint density at radius 2 is 1.90 bits per heavy atom. The molecule has 0 unspecified atom stereocenters. The summed E-state index contributed by atoms with van der Waals surface area (Å²) in [6, 6.07) is 6.12. The van der Waals surface area contributed by atoms with Crippen LogP contribution in [0.4, 0.5) is 4.39 Å². The third-order valence-corrected chi connectivity index (χ3v) is 3.11. The molecule has 21 heavy (non-hydrogen) atoms. The number of ether oxygens (including phenoxy) is 2. The van der Waals surface area contributed by atoms with Crippen molar-refractivity contribution in [3.63, 3.8) is 0 Å². The normalized spacial score (nSPS) is 11.8. The van der Waals surface area contributed by atoms with E-state index >= 15 is 0 Å². The van der Waals surface area contributed by atoms with Crippen LogP contribution >= 0.6 is 0 Å². The lowest BCUT2D eigenvalue weighted by molar-refractivity contribution is 0.101. The van der Waals surface area contributed by atoms with E-state index in [1.807, 2.05) is 0 Å². The third-order valence-electron chi connectivity index (χ3n) is 3.11. The maximum absolute atomic E-state index is 14.1. The molecule has 0 saturated heterocycles. The summed E-state index contributed by atoms with van der Waals surface area (Å²) in [7, 11) is 1.43. The summed E-state index contributed by atoms with van der Waals surface area (Å²) in [6.07, 6.45) is 2.94. The molecule has 1 aromatic carbocycles. The van der Waals surface area contributed by atoms with E-state index in [4.69, 9.17) is 9.47 Å².